The molecule has 0 atom stereocenters. The fourth-order valence-electron chi connectivity index (χ4n) is 2.81. The summed E-state index contributed by atoms with van der Waals surface area (Å²) in [6.07, 6.45) is 0.659. The topological polar surface area (TPSA) is 97.7 Å². The van der Waals surface area contributed by atoms with Crippen molar-refractivity contribution in [3.63, 3.8) is 0 Å². The van der Waals surface area contributed by atoms with Crippen LogP contribution >= 0.6 is 15.9 Å². The molecule has 8 heteroatoms. The number of nitro groups is 1. The number of aliphatic imine (C=N–C) groups is 1. The third kappa shape index (κ3) is 3.52. The summed E-state index contributed by atoms with van der Waals surface area (Å²) >= 11 is 3.28. The number of nitrogens with zero attached hydrogens (tertiary/aromatic N) is 2. The molecule has 1 amide bonds. The van der Waals surface area contributed by atoms with Gasteiger partial charge in [-0.2, -0.15) is 0 Å². The molecule has 0 fully saturated rings. The number of non-ortho nitro benzene ring substituents is 1. The first kappa shape index (κ1) is 17.2. The highest BCUT2D eigenvalue weighted by molar-refractivity contribution is 9.10. The fourth-order valence-corrected chi connectivity index (χ4v) is 3.12. The van der Waals surface area contributed by atoms with Crippen LogP contribution in [0.2, 0.25) is 0 Å². The van der Waals surface area contributed by atoms with Gasteiger partial charge in [0, 0.05) is 29.8 Å². The number of halogens is 1. The van der Waals surface area contributed by atoms with E-state index in [9.17, 15) is 14.9 Å². The Morgan fingerprint density at radius 1 is 1.15 bits per heavy atom. The van der Waals surface area contributed by atoms with E-state index in [1.54, 1.807) is 12.1 Å². The summed E-state index contributed by atoms with van der Waals surface area (Å²) in [4.78, 5) is 27.1. The lowest BCUT2D eigenvalue weighted by Crippen LogP contribution is -2.11. The maximum atomic E-state index is 12.3. The molecule has 27 heavy (non-hydrogen) atoms. The molecule has 0 spiro atoms. The first-order chi connectivity index (χ1) is 13.0. The maximum Gasteiger partial charge on any atom is 0.269 e. The Morgan fingerprint density at radius 2 is 1.93 bits per heavy atom. The number of anilines is 1. The van der Waals surface area contributed by atoms with Crippen LogP contribution in [0, 0.1) is 10.1 Å². The van der Waals surface area contributed by atoms with Crippen molar-refractivity contribution in [1.82, 2.24) is 0 Å². The van der Waals surface area contributed by atoms with Gasteiger partial charge in [-0.25, -0.2) is 4.99 Å². The van der Waals surface area contributed by atoms with E-state index in [2.05, 4.69) is 26.2 Å². The molecular weight excluding hydrogens is 414 g/mol. The smallest absolute Gasteiger partial charge is 0.269 e. The van der Waals surface area contributed by atoms with Crippen LogP contribution in [-0.2, 0) is 6.42 Å². The molecule has 4 rings (SSSR count). The predicted molar refractivity (Wildman–Crippen MR) is 104 cm³/mol. The van der Waals surface area contributed by atoms with Crippen LogP contribution in [0.1, 0.15) is 21.7 Å². The van der Waals surface area contributed by atoms with Gasteiger partial charge in [0.25, 0.3) is 11.6 Å². The Bertz CT molecular complexity index is 1090. The standard InChI is InChI=1S/C19H12BrN3O4/c20-18-8-7-17(27-18)16-9-12-1-4-13(10-15(12)22-16)21-19(24)11-2-5-14(6-3-11)23(25)26/h1-8,10H,9H2,(H,21,24). The Labute approximate surface area is 162 Å². The summed E-state index contributed by atoms with van der Waals surface area (Å²) in [5.41, 5.74) is 3.53. The second kappa shape index (κ2) is 6.81. The number of furan rings is 1. The number of amides is 1. The van der Waals surface area contributed by atoms with Gasteiger partial charge in [0.1, 0.15) is 5.76 Å². The number of hydrogen-bond donors (Lipinski definition) is 1. The Balaban J connectivity index is 1.52. The molecule has 1 aliphatic heterocycles. The Hall–Kier alpha value is -3.26. The van der Waals surface area contributed by atoms with Crippen molar-refractivity contribution in [1.29, 1.82) is 0 Å². The summed E-state index contributed by atoms with van der Waals surface area (Å²) in [6, 6.07) is 14.6. The Kier molecular flexibility index (Phi) is 4.33. The van der Waals surface area contributed by atoms with Crippen molar-refractivity contribution in [3.05, 3.63) is 86.3 Å². The summed E-state index contributed by atoms with van der Waals surface area (Å²) in [5.74, 6) is 0.358. The quantitative estimate of drug-likeness (QED) is 0.475. The van der Waals surface area contributed by atoms with Crippen LogP contribution in [0.4, 0.5) is 17.1 Å². The second-order valence-electron chi connectivity index (χ2n) is 5.94. The zero-order valence-electron chi connectivity index (χ0n) is 13.8. The van der Waals surface area contributed by atoms with Gasteiger partial charge in [0.15, 0.2) is 4.67 Å². The molecule has 1 N–H and O–H groups in total. The van der Waals surface area contributed by atoms with Gasteiger partial charge in [0.2, 0.25) is 0 Å². The molecule has 0 unspecified atom stereocenters. The molecule has 7 nitrogen and oxygen atoms in total. The van der Waals surface area contributed by atoms with Crippen LogP contribution in [0.5, 0.6) is 0 Å². The number of carbonyl (C=O) groups is 1. The Morgan fingerprint density at radius 3 is 2.59 bits per heavy atom. The highest BCUT2D eigenvalue weighted by atomic mass is 79.9. The van der Waals surface area contributed by atoms with Crippen molar-refractivity contribution in [2.24, 2.45) is 4.99 Å². The minimum absolute atomic E-state index is 0.0597. The average molecular weight is 426 g/mol. The highest BCUT2D eigenvalue weighted by Gasteiger charge is 2.19. The third-order valence-corrected chi connectivity index (χ3v) is 4.58. The summed E-state index contributed by atoms with van der Waals surface area (Å²) < 4.78 is 6.19. The largest absolute Gasteiger partial charge is 0.448 e. The van der Waals surface area contributed by atoms with E-state index in [0.717, 1.165) is 17.0 Å². The van der Waals surface area contributed by atoms with Gasteiger partial charge >= 0.3 is 0 Å². The molecule has 134 valence electrons. The van der Waals surface area contributed by atoms with Crippen LogP contribution in [-0.4, -0.2) is 16.5 Å². The zero-order chi connectivity index (χ0) is 19.0. The van der Waals surface area contributed by atoms with Crippen LogP contribution in [0.3, 0.4) is 0 Å². The van der Waals surface area contributed by atoms with Gasteiger partial charge in [0.05, 0.1) is 16.3 Å². The molecule has 2 aromatic carbocycles. The normalized spacial score (nSPS) is 12.4. The molecular formula is C19H12BrN3O4. The summed E-state index contributed by atoms with van der Waals surface area (Å²) in [7, 11) is 0. The van der Waals surface area contributed by atoms with Crippen LogP contribution in [0.15, 0.2) is 68.7 Å². The predicted octanol–water partition coefficient (Wildman–Crippen LogP) is 4.88. The maximum absolute atomic E-state index is 12.3. The molecule has 0 radical (unpaired) electrons. The zero-order valence-corrected chi connectivity index (χ0v) is 15.4. The number of fused-ring (bicyclic) bond motifs is 1. The van der Waals surface area contributed by atoms with E-state index in [1.807, 2.05) is 18.2 Å². The minimum atomic E-state index is -0.505. The summed E-state index contributed by atoms with van der Waals surface area (Å²) in [6.45, 7) is 0. The number of rotatable bonds is 4. The minimum Gasteiger partial charge on any atom is -0.448 e. The van der Waals surface area contributed by atoms with E-state index in [0.29, 0.717) is 28.1 Å². The van der Waals surface area contributed by atoms with E-state index in [-0.39, 0.29) is 11.6 Å². The molecule has 3 aromatic rings. The van der Waals surface area contributed by atoms with E-state index in [4.69, 9.17) is 4.42 Å². The molecule has 0 saturated heterocycles. The lowest BCUT2D eigenvalue weighted by molar-refractivity contribution is -0.384. The molecule has 0 bridgehead atoms. The molecule has 1 aliphatic rings. The average Bonchev–Trinajstić information content (AvgIpc) is 3.27. The van der Waals surface area contributed by atoms with Gasteiger partial charge in [-0.1, -0.05) is 6.07 Å². The number of nitro benzene ring substituents is 1. The number of nitrogens with one attached hydrogen (secondary N) is 1. The monoisotopic (exact) mass is 425 g/mol. The second-order valence-corrected chi connectivity index (χ2v) is 6.72. The molecule has 0 saturated carbocycles. The van der Waals surface area contributed by atoms with Crippen molar-refractivity contribution < 1.29 is 14.1 Å². The van der Waals surface area contributed by atoms with E-state index in [1.165, 1.54) is 24.3 Å². The number of carbonyl (C=O) groups excluding carboxylic acids is 1. The highest BCUT2D eigenvalue weighted by Crippen LogP contribution is 2.32. The molecule has 0 aliphatic carbocycles. The van der Waals surface area contributed by atoms with Crippen molar-refractivity contribution >= 4 is 44.6 Å². The number of hydrogen-bond acceptors (Lipinski definition) is 5. The van der Waals surface area contributed by atoms with Gasteiger partial charge in [-0.3, -0.25) is 14.9 Å². The third-order valence-electron chi connectivity index (χ3n) is 4.15. The van der Waals surface area contributed by atoms with E-state index >= 15 is 0 Å². The van der Waals surface area contributed by atoms with Crippen LogP contribution < -0.4 is 5.32 Å². The van der Waals surface area contributed by atoms with Gasteiger partial charge < -0.3 is 9.73 Å². The first-order valence-corrected chi connectivity index (χ1v) is 8.81. The SMILES string of the molecule is O=C(Nc1ccc2c(c1)N=C(c1ccc(Br)o1)C2)c1ccc([N+](=O)[O-])cc1. The number of benzene rings is 2. The summed E-state index contributed by atoms with van der Waals surface area (Å²) in [5, 5.41) is 13.5. The van der Waals surface area contributed by atoms with Gasteiger partial charge in [-0.05, 0) is 57.9 Å². The van der Waals surface area contributed by atoms with Crippen molar-refractivity contribution in [2.75, 3.05) is 5.32 Å². The molecule has 2 heterocycles. The van der Waals surface area contributed by atoms with Crippen molar-refractivity contribution in [3.8, 4) is 0 Å². The van der Waals surface area contributed by atoms with Crippen LogP contribution in [0.25, 0.3) is 0 Å². The van der Waals surface area contributed by atoms with E-state index < -0.39 is 4.92 Å². The first-order valence-electron chi connectivity index (χ1n) is 8.01. The van der Waals surface area contributed by atoms with Gasteiger partial charge in [-0.15, -0.1) is 0 Å². The fraction of sp³-hybridized carbons (Fsp3) is 0.0526. The lowest BCUT2D eigenvalue weighted by atomic mass is 10.1. The molecule has 1 aromatic heterocycles. The lowest BCUT2D eigenvalue weighted by Gasteiger charge is -2.06. The van der Waals surface area contributed by atoms with Crippen molar-refractivity contribution in [2.45, 2.75) is 6.42 Å².